The Morgan fingerprint density at radius 1 is 1.03 bits per heavy atom. The molecule has 0 unspecified atom stereocenters. The first-order valence-electron chi connectivity index (χ1n) is 9.05. The number of aromatic nitrogens is 3. The molecule has 0 bridgehead atoms. The van der Waals surface area contributed by atoms with Gasteiger partial charge in [-0.3, -0.25) is 4.72 Å². The third-order valence-corrected chi connectivity index (χ3v) is 5.09. The van der Waals surface area contributed by atoms with Crippen molar-refractivity contribution in [2.24, 2.45) is 0 Å². The average molecular weight is 407 g/mol. The zero-order chi connectivity index (χ0) is 20.6. The molecule has 8 heteroatoms. The van der Waals surface area contributed by atoms with E-state index in [4.69, 9.17) is 4.98 Å². The maximum atomic E-state index is 11.6. The van der Waals surface area contributed by atoms with E-state index in [1.807, 2.05) is 43.5 Å². The van der Waals surface area contributed by atoms with Gasteiger partial charge in [-0.2, -0.15) is 5.10 Å². The first-order valence-corrected chi connectivity index (χ1v) is 10.9. The second-order valence-corrected chi connectivity index (χ2v) is 8.79. The number of fused-ring (bicyclic) bond motifs is 1. The van der Waals surface area contributed by atoms with Crippen LogP contribution in [0.25, 0.3) is 16.8 Å². The molecule has 148 valence electrons. The molecule has 2 aromatic carbocycles. The molecule has 0 amide bonds. The molecule has 4 rings (SSSR count). The Balaban J connectivity index is 1.69. The average Bonchev–Trinajstić information content (AvgIpc) is 3.06. The summed E-state index contributed by atoms with van der Waals surface area (Å²) in [5.74, 6) is 0.640. The lowest BCUT2D eigenvalue weighted by Crippen LogP contribution is -2.10. The van der Waals surface area contributed by atoms with Crippen molar-refractivity contribution in [3.8, 4) is 11.1 Å². The van der Waals surface area contributed by atoms with Gasteiger partial charge in [0.25, 0.3) is 0 Å². The zero-order valence-electron chi connectivity index (χ0n) is 16.3. The van der Waals surface area contributed by atoms with E-state index >= 15 is 0 Å². The molecule has 2 aromatic heterocycles. The molecule has 0 aliphatic heterocycles. The van der Waals surface area contributed by atoms with Crippen molar-refractivity contribution in [2.45, 2.75) is 13.8 Å². The molecule has 0 aliphatic rings. The van der Waals surface area contributed by atoms with Gasteiger partial charge in [0.05, 0.1) is 18.1 Å². The Morgan fingerprint density at radius 3 is 2.62 bits per heavy atom. The summed E-state index contributed by atoms with van der Waals surface area (Å²) in [6, 6.07) is 15.5. The minimum Gasteiger partial charge on any atom is -0.340 e. The van der Waals surface area contributed by atoms with Gasteiger partial charge in [0.2, 0.25) is 10.0 Å². The van der Waals surface area contributed by atoms with Crippen LogP contribution in [0, 0.1) is 13.8 Å². The van der Waals surface area contributed by atoms with Gasteiger partial charge < -0.3 is 5.32 Å². The maximum Gasteiger partial charge on any atom is 0.229 e. The van der Waals surface area contributed by atoms with Crippen LogP contribution in [0.2, 0.25) is 0 Å². The molecule has 0 fully saturated rings. The predicted octanol–water partition coefficient (Wildman–Crippen LogP) is 4.13. The van der Waals surface area contributed by atoms with E-state index in [0.29, 0.717) is 11.5 Å². The molecular weight excluding hydrogens is 386 g/mol. The summed E-state index contributed by atoms with van der Waals surface area (Å²) < 4.78 is 27.4. The zero-order valence-corrected chi connectivity index (χ0v) is 17.2. The number of benzene rings is 2. The number of anilines is 3. The summed E-state index contributed by atoms with van der Waals surface area (Å²) in [6.45, 7) is 3.90. The molecule has 0 aliphatic carbocycles. The van der Waals surface area contributed by atoms with Gasteiger partial charge in [-0.1, -0.05) is 35.9 Å². The Bertz CT molecular complexity index is 1310. The van der Waals surface area contributed by atoms with Gasteiger partial charge in [-0.25, -0.2) is 17.9 Å². The highest BCUT2D eigenvalue weighted by Crippen LogP contribution is 2.27. The van der Waals surface area contributed by atoms with Crippen LogP contribution < -0.4 is 10.0 Å². The SMILES string of the molecule is Cc1cccc(-c2cnn3ccc(Nc4ccc(C)c(NS(C)(=O)=O)c4)nc23)c1. The molecule has 29 heavy (non-hydrogen) atoms. The van der Waals surface area contributed by atoms with Crippen LogP contribution in [-0.2, 0) is 10.0 Å². The third-order valence-electron chi connectivity index (χ3n) is 4.50. The lowest BCUT2D eigenvalue weighted by molar-refractivity contribution is 0.607. The van der Waals surface area contributed by atoms with E-state index in [9.17, 15) is 8.42 Å². The summed E-state index contributed by atoms with van der Waals surface area (Å²) in [6.07, 6.45) is 4.78. The van der Waals surface area contributed by atoms with E-state index in [0.717, 1.165) is 34.3 Å². The standard InChI is InChI=1S/C21H21N5O2S/c1-14-5-4-6-16(11-14)18-13-22-26-10-9-20(24-21(18)26)23-17-8-7-15(2)19(12-17)25-29(3,27)28/h4-13,25H,1-3H3,(H,23,24). The van der Waals surface area contributed by atoms with Crippen LogP contribution in [-0.4, -0.2) is 29.3 Å². The van der Waals surface area contributed by atoms with E-state index < -0.39 is 10.0 Å². The van der Waals surface area contributed by atoms with Crippen LogP contribution in [0.1, 0.15) is 11.1 Å². The van der Waals surface area contributed by atoms with Crippen molar-refractivity contribution < 1.29 is 8.42 Å². The van der Waals surface area contributed by atoms with Gasteiger partial charge in [-0.15, -0.1) is 0 Å². The maximum absolute atomic E-state index is 11.6. The van der Waals surface area contributed by atoms with Gasteiger partial charge in [0, 0.05) is 17.4 Å². The molecule has 0 spiro atoms. The Kier molecular flexibility index (Phi) is 4.71. The monoisotopic (exact) mass is 407 g/mol. The van der Waals surface area contributed by atoms with E-state index in [1.54, 1.807) is 16.8 Å². The third kappa shape index (κ3) is 4.22. The topological polar surface area (TPSA) is 88.4 Å². The summed E-state index contributed by atoms with van der Waals surface area (Å²) in [4.78, 5) is 4.71. The molecule has 2 heterocycles. The Morgan fingerprint density at radius 2 is 1.86 bits per heavy atom. The second kappa shape index (κ2) is 7.21. The number of sulfonamides is 1. The van der Waals surface area contributed by atoms with E-state index in [-0.39, 0.29) is 0 Å². The number of hydrogen-bond donors (Lipinski definition) is 2. The van der Waals surface area contributed by atoms with Gasteiger partial charge in [0.15, 0.2) is 5.65 Å². The summed E-state index contributed by atoms with van der Waals surface area (Å²) in [5, 5.41) is 7.63. The van der Waals surface area contributed by atoms with Gasteiger partial charge in [0.1, 0.15) is 5.82 Å². The van der Waals surface area contributed by atoms with Crippen molar-refractivity contribution in [2.75, 3.05) is 16.3 Å². The summed E-state index contributed by atoms with van der Waals surface area (Å²) >= 11 is 0. The van der Waals surface area contributed by atoms with Crippen LogP contribution in [0.5, 0.6) is 0 Å². The van der Waals surface area contributed by atoms with Crippen molar-refractivity contribution in [3.63, 3.8) is 0 Å². The second-order valence-electron chi connectivity index (χ2n) is 7.04. The first kappa shape index (κ1) is 18.9. The van der Waals surface area contributed by atoms with E-state index in [2.05, 4.69) is 34.2 Å². The predicted molar refractivity (Wildman–Crippen MR) is 116 cm³/mol. The molecular formula is C21H21N5O2S. The largest absolute Gasteiger partial charge is 0.340 e. The van der Waals surface area contributed by atoms with Crippen molar-refractivity contribution in [3.05, 3.63) is 72.1 Å². The minimum absolute atomic E-state index is 0.531. The number of nitrogens with one attached hydrogen (secondary N) is 2. The van der Waals surface area contributed by atoms with E-state index in [1.165, 1.54) is 5.56 Å². The molecule has 0 saturated heterocycles. The lowest BCUT2D eigenvalue weighted by Gasteiger charge is -2.11. The summed E-state index contributed by atoms with van der Waals surface area (Å²) in [7, 11) is -3.36. The number of rotatable bonds is 5. The molecule has 0 saturated carbocycles. The van der Waals surface area contributed by atoms with Crippen molar-refractivity contribution >= 4 is 32.9 Å². The summed E-state index contributed by atoms with van der Waals surface area (Å²) in [5.41, 5.74) is 6.00. The number of aryl methyl sites for hydroxylation is 2. The van der Waals surface area contributed by atoms with Crippen molar-refractivity contribution in [1.29, 1.82) is 0 Å². The highest BCUT2D eigenvalue weighted by atomic mass is 32.2. The van der Waals surface area contributed by atoms with Crippen LogP contribution in [0.3, 0.4) is 0 Å². The fraction of sp³-hybridized carbons (Fsp3) is 0.143. The quantitative estimate of drug-likeness (QED) is 0.519. The lowest BCUT2D eigenvalue weighted by atomic mass is 10.1. The molecule has 0 atom stereocenters. The highest BCUT2D eigenvalue weighted by molar-refractivity contribution is 7.92. The fourth-order valence-electron chi connectivity index (χ4n) is 3.11. The van der Waals surface area contributed by atoms with Gasteiger partial charge >= 0.3 is 0 Å². The Labute approximate surface area is 169 Å². The van der Waals surface area contributed by atoms with Crippen LogP contribution in [0.15, 0.2) is 60.9 Å². The molecule has 4 aromatic rings. The number of nitrogens with zero attached hydrogens (tertiary/aromatic N) is 3. The van der Waals surface area contributed by atoms with Crippen molar-refractivity contribution in [1.82, 2.24) is 14.6 Å². The molecule has 7 nitrogen and oxygen atoms in total. The molecule has 0 radical (unpaired) electrons. The smallest absolute Gasteiger partial charge is 0.229 e. The normalized spacial score (nSPS) is 11.6. The van der Waals surface area contributed by atoms with Crippen LogP contribution >= 0.6 is 0 Å². The fourth-order valence-corrected chi connectivity index (χ4v) is 3.73. The van der Waals surface area contributed by atoms with Crippen LogP contribution in [0.4, 0.5) is 17.2 Å². The minimum atomic E-state index is -3.36. The van der Waals surface area contributed by atoms with Gasteiger partial charge in [-0.05, 0) is 43.2 Å². The molecule has 2 N–H and O–H groups in total. The Hall–Kier alpha value is -3.39. The number of hydrogen-bond acceptors (Lipinski definition) is 5. The first-order chi connectivity index (χ1) is 13.8. The highest BCUT2D eigenvalue weighted by Gasteiger charge is 2.10.